The van der Waals surface area contributed by atoms with Gasteiger partial charge in [-0.05, 0) is 36.6 Å². The Bertz CT molecular complexity index is 1120. The molecule has 0 aliphatic rings. The first kappa shape index (κ1) is 16.1. The van der Waals surface area contributed by atoms with Crippen LogP contribution in [-0.2, 0) is 13.5 Å². The highest BCUT2D eigenvalue weighted by Crippen LogP contribution is 2.22. The molecule has 128 valence electrons. The summed E-state index contributed by atoms with van der Waals surface area (Å²) in [5.41, 5.74) is 4.00. The molecule has 4 aromatic rings. The van der Waals surface area contributed by atoms with E-state index in [1.165, 1.54) is 0 Å². The number of ketones is 1. The zero-order valence-electron chi connectivity index (χ0n) is 14.5. The third-order valence-electron chi connectivity index (χ3n) is 4.30. The van der Waals surface area contributed by atoms with Gasteiger partial charge in [-0.25, -0.2) is 4.98 Å². The molecule has 0 aromatic carbocycles. The summed E-state index contributed by atoms with van der Waals surface area (Å²) in [5, 5.41) is 1.94. The van der Waals surface area contributed by atoms with Gasteiger partial charge in [0.25, 0.3) is 0 Å². The summed E-state index contributed by atoms with van der Waals surface area (Å²) < 4.78 is 1.92. The van der Waals surface area contributed by atoms with Crippen LogP contribution in [0.2, 0.25) is 0 Å². The van der Waals surface area contributed by atoms with Gasteiger partial charge >= 0.3 is 0 Å². The molecular formula is C20H17N5O. The summed E-state index contributed by atoms with van der Waals surface area (Å²) in [6.45, 7) is 1.87. The molecule has 0 saturated heterocycles. The van der Waals surface area contributed by atoms with Crippen LogP contribution in [0.1, 0.15) is 21.7 Å². The molecule has 6 heteroatoms. The molecular weight excluding hydrogens is 326 g/mol. The highest BCUT2D eigenvalue weighted by Gasteiger charge is 2.10. The number of hydrogen-bond acceptors (Lipinski definition) is 5. The van der Waals surface area contributed by atoms with Crippen molar-refractivity contribution < 1.29 is 4.79 Å². The number of nitrogens with zero attached hydrogens (tertiary/aromatic N) is 5. The van der Waals surface area contributed by atoms with Gasteiger partial charge in [-0.1, -0.05) is 0 Å². The van der Waals surface area contributed by atoms with E-state index in [1.54, 1.807) is 43.2 Å². The van der Waals surface area contributed by atoms with Gasteiger partial charge in [0.1, 0.15) is 0 Å². The number of rotatable bonds is 4. The van der Waals surface area contributed by atoms with E-state index in [9.17, 15) is 4.79 Å². The Morgan fingerprint density at radius 3 is 2.65 bits per heavy atom. The van der Waals surface area contributed by atoms with E-state index in [4.69, 9.17) is 0 Å². The van der Waals surface area contributed by atoms with Crippen molar-refractivity contribution >= 4 is 16.6 Å². The summed E-state index contributed by atoms with van der Waals surface area (Å²) >= 11 is 0. The summed E-state index contributed by atoms with van der Waals surface area (Å²) in [7, 11) is 1.93. The molecule has 4 heterocycles. The van der Waals surface area contributed by atoms with Crippen LogP contribution >= 0.6 is 0 Å². The molecule has 0 bridgehead atoms. The van der Waals surface area contributed by atoms with Crippen LogP contribution in [0, 0.1) is 6.92 Å². The van der Waals surface area contributed by atoms with Crippen LogP contribution in [-0.4, -0.2) is 30.3 Å². The molecule has 0 radical (unpaired) electrons. The molecule has 6 nitrogen and oxygen atoms in total. The Balaban J connectivity index is 1.66. The Morgan fingerprint density at radius 2 is 1.88 bits per heavy atom. The second-order valence-electron chi connectivity index (χ2n) is 6.27. The molecule has 4 aromatic heterocycles. The fourth-order valence-corrected chi connectivity index (χ4v) is 2.91. The van der Waals surface area contributed by atoms with Crippen LogP contribution in [0.5, 0.6) is 0 Å². The quantitative estimate of drug-likeness (QED) is 0.532. The number of aryl methyl sites for hydroxylation is 2. The van der Waals surface area contributed by atoms with Crippen molar-refractivity contribution in [1.29, 1.82) is 0 Å². The Kier molecular flexibility index (Phi) is 4.01. The van der Waals surface area contributed by atoms with Gasteiger partial charge in [-0.2, -0.15) is 0 Å². The van der Waals surface area contributed by atoms with Gasteiger partial charge in [0.05, 0.1) is 30.3 Å². The van der Waals surface area contributed by atoms with Crippen molar-refractivity contribution in [3.63, 3.8) is 0 Å². The van der Waals surface area contributed by atoms with Crippen LogP contribution in [0.3, 0.4) is 0 Å². The van der Waals surface area contributed by atoms with E-state index in [-0.39, 0.29) is 12.2 Å². The van der Waals surface area contributed by atoms with Gasteiger partial charge in [0.2, 0.25) is 0 Å². The molecule has 0 unspecified atom stereocenters. The molecule has 0 fully saturated rings. The first-order valence-corrected chi connectivity index (χ1v) is 8.27. The van der Waals surface area contributed by atoms with Crippen LogP contribution in [0.4, 0.5) is 0 Å². The second kappa shape index (κ2) is 6.48. The molecule has 4 rings (SSSR count). The first-order valence-electron chi connectivity index (χ1n) is 8.27. The molecule has 0 spiro atoms. The van der Waals surface area contributed by atoms with Crippen LogP contribution in [0.25, 0.3) is 22.2 Å². The van der Waals surface area contributed by atoms with Crippen molar-refractivity contribution in [2.45, 2.75) is 13.3 Å². The average Bonchev–Trinajstić information content (AvgIpc) is 3.07. The highest BCUT2D eigenvalue weighted by atomic mass is 16.1. The number of hydrogen-bond donors (Lipinski definition) is 0. The van der Waals surface area contributed by atoms with E-state index < -0.39 is 0 Å². The zero-order chi connectivity index (χ0) is 18.1. The third kappa shape index (κ3) is 3.09. The fourth-order valence-electron chi connectivity index (χ4n) is 2.91. The Hall–Kier alpha value is -3.41. The van der Waals surface area contributed by atoms with Gasteiger partial charge in [0, 0.05) is 48.0 Å². The molecule has 0 aliphatic carbocycles. The largest absolute Gasteiger partial charge is 0.332 e. The number of Topliss-reactive ketones (excluding diaryl/α,β-unsaturated/α-hetero) is 1. The molecule has 26 heavy (non-hydrogen) atoms. The maximum absolute atomic E-state index is 12.5. The lowest BCUT2D eigenvalue weighted by atomic mass is 10.0. The first-order chi connectivity index (χ1) is 12.6. The third-order valence-corrected chi connectivity index (χ3v) is 4.30. The Morgan fingerprint density at radius 1 is 1.04 bits per heavy atom. The van der Waals surface area contributed by atoms with E-state index in [0.29, 0.717) is 5.56 Å². The van der Waals surface area contributed by atoms with E-state index in [2.05, 4.69) is 19.9 Å². The summed E-state index contributed by atoms with van der Waals surface area (Å²) in [5.74, 6) is 0.0308. The van der Waals surface area contributed by atoms with Gasteiger partial charge in [-0.3, -0.25) is 19.7 Å². The second-order valence-corrected chi connectivity index (χ2v) is 6.27. The number of fused-ring (bicyclic) bond motifs is 1. The predicted octanol–water partition coefficient (Wildman–Crippen LogP) is 3.16. The SMILES string of the molecule is Cc1cc(C(=O)Cc2cc3cc(-c4cncn4C)ncc3cn2)ccn1. The van der Waals surface area contributed by atoms with Crippen LogP contribution in [0.15, 0.2) is 55.4 Å². The normalized spacial score (nSPS) is 11.0. The number of imidazole rings is 1. The number of pyridine rings is 3. The lowest BCUT2D eigenvalue weighted by Gasteiger charge is -2.06. The average molecular weight is 343 g/mol. The summed E-state index contributed by atoms with van der Waals surface area (Å²) in [4.78, 5) is 29.7. The smallest absolute Gasteiger partial charge is 0.168 e. The minimum atomic E-state index is 0.0308. The molecule has 0 aliphatic heterocycles. The minimum absolute atomic E-state index is 0.0308. The van der Waals surface area contributed by atoms with Crippen molar-refractivity contribution in [3.8, 4) is 11.4 Å². The zero-order valence-corrected chi connectivity index (χ0v) is 14.5. The van der Waals surface area contributed by atoms with Crippen molar-refractivity contribution in [2.24, 2.45) is 7.05 Å². The fraction of sp³-hybridized carbons (Fsp3) is 0.150. The molecule has 0 amide bonds. The topological polar surface area (TPSA) is 73.6 Å². The van der Waals surface area contributed by atoms with Gasteiger partial charge in [0.15, 0.2) is 5.78 Å². The molecule has 0 saturated carbocycles. The van der Waals surface area contributed by atoms with E-state index >= 15 is 0 Å². The van der Waals surface area contributed by atoms with Crippen molar-refractivity contribution in [1.82, 2.24) is 24.5 Å². The maximum Gasteiger partial charge on any atom is 0.168 e. The monoisotopic (exact) mass is 343 g/mol. The molecule has 0 atom stereocenters. The standard InChI is InChI=1S/C20H17N5O/c1-13-5-14(3-4-22-13)20(26)8-17-6-15-7-18(19-11-21-12-25(19)2)24-10-16(15)9-23-17/h3-7,9-12H,8H2,1-2H3. The minimum Gasteiger partial charge on any atom is -0.332 e. The van der Waals surface area contributed by atoms with Crippen molar-refractivity contribution in [2.75, 3.05) is 0 Å². The van der Waals surface area contributed by atoms with Gasteiger partial charge in [-0.15, -0.1) is 0 Å². The molecule has 0 N–H and O–H groups in total. The number of aromatic nitrogens is 5. The van der Waals surface area contributed by atoms with Crippen molar-refractivity contribution in [3.05, 3.63) is 72.3 Å². The van der Waals surface area contributed by atoms with Gasteiger partial charge < -0.3 is 4.57 Å². The highest BCUT2D eigenvalue weighted by molar-refractivity contribution is 5.97. The predicted molar refractivity (Wildman–Crippen MR) is 98.7 cm³/mol. The summed E-state index contributed by atoms with van der Waals surface area (Å²) in [6, 6.07) is 7.48. The van der Waals surface area contributed by atoms with Crippen LogP contribution < -0.4 is 0 Å². The number of carbonyl (C=O) groups is 1. The lowest BCUT2D eigenvalue weighted by molar-refractivity contribution is 0.0992. The van der Waals surface area contributed by atoms with E-state index in [0.717, 1.165) is 33.5 Å². The Labute approximate surface area is 150 Å². The number of carbonyl (C=O) groups excluding carboxylic acids is 1. The van der Waals surface area contributed by atoms with E-state index in [1.807, 2.05) is 30.7 Å². The summed E-state index contributed by atoms with van der Waals surface area (Å²) in [6.07, 6.45) is 8.99. The lowest BCUT2D eigenvalue weighted by Crippen LogP contribution is -2.05. The maximum atomic E-state index is 12.5.